The molecule has 0 N–H and O–H groups in total. The lowest BCUT2D eigenvalue weighted by molar-refractivity contribution is 0.568. The summed E-state index contributed by atoms with van der Waals surface area (Å²) in [5, 5.41) is 0. The molecule has 2 rings (SSSR count). The van der Waals surface area contributed by atoms with Crippen molar-refractivity contribution in [1.29, 1.82) is 0 Å². The summed E-state index contributed by atoms with van der Waals surface area (Å²) in [4.78, 5) is 8.84. The summed E-state index contributed by atoms with van der Waals surface area (Å²) in [6.07, 6.45) is 4.20. The van der Waals surface area contributed by atoms with Crippen molar-refractivity contribution in [2.45, 2.75) is 20.3 Å². The number of hydrogen-bond donors (Lipinski definition) is 0. The Morgan fingerprint density at radius 2 is 2.20 bits per heavy atom. The van der Waals surface area contributed by atoms with E-state index < -0.39 is 0 Å². The van der Waals surface area contributed by atoms with Gasteiger partial charge in [-0.3, -0.25) is 0 Å². The molecule has 0 aliphatic heterocycles. The van der Waals surface area contributed by atoms with Gasteiger partial charge in [0, 0.05) is 11.3 Å². The molecule has 3 nitrogen and oxygen atoms in total. The van der Waals surface area contributed by atoms with Crippen LogP contribution in [0.15, 0.2) is 27.6 Å². The Hall–Kier alpha value is -1.16. The first kappa shape index (κ1) is 10.4. The molecule has 2 heterocycles. The Morgan fingerprint density at radius 1 is 1.40 bits per heavy atom. The van der Waals surface area contributed by atoms with Crippen LogP contribution in [0.3, 0.4) is 0 Å². The second-order valence-electron chi connectivity index (χ2n) is 3.27. The number of aryl methyl sites for hydroxylation is 1. The third kappa shape index (κ3) is 1.95. The number of halogens is 1. The first-order valence-corrected chi connectivity index (χ1v) is 5.57. The van der Waals surface area contributed by atoms with Gasteiger partial charge in [-0.05, 0) is 35.3 Å². The van der Waals surface area contributed by atoms with Gasteiger partial charge in [-0.15, -0.1) is 0 Å². The molecule has 0 spiro atoms. The number of rotatable bonds is 2. The Labute approximate surface area is 96.7 Å². The van der Waals surface area contributed by atoms with Crippen LogP contribution in [0.2, 0.25) is 0 Å². The molecule has 0 aromatic carbocycles. The van der Waals surface area contributed by atoms with E-state index in [2.05, 4.69) is 32.8 Å². The summed E-state index contributed by atoms with van der Waals surface area (Å²) in [5.41, 5.74) is 3.07. The zero-order valence-electron chi connectivity index (χ0n) is 8.62. The van der Waals surface area contributed by atoms with Gasteiger partial charge in [0.15, 0.2) is 5.82 Å². The maximum absolute atomic E-state index is 5.01. The monoisotopic (exact) mass is 266 g/mol. The smallest absolute Gasteiger partial charge is 0.163 e. The minimum Gasteiger partial charge on any atom is -0.472 e. The molecule has 0 atom stereocenters. The van der Waals surface area contributed by atoms with Crippen molar-refractivity contribution in [2.24, 2.45) is 0 Å². The molecule has 0 aliphatic rings. The van der Waals surface area contributed by atoms with Crippen LogP contribution in [-0.2, 0) is 6.42 Å². The first-order valence-electron chi connectivity index (χ1n) is 4.78. The number of nitrogens with zero attached hydrogens (tertiary/aromatic N) is 2. The van der Waals surface area contributed by atoms with Crippen molar-refractivity contribution < 1.29 is 4.42 Å². The fourth-order valence-electron chi connectivity index (χ4n) is 1.48. The molecule has 78 valence electrons. The maximum Gasteiger partial charge on any atom is 0.163 e. The molecule has 2 aromatic rings. The van der Waals surface area contributed by atoms with Crippen LogP contribution in [0.5, 0.6) is 0 Å². The summed E-state index contributed by atoms with van der Waals surface area (Å²) < 4.78 is 5.88. The molecule has 0 saturated heterocycles. The van der Waals surface area contributed by atoms with Crippen LogP contribution in [-0.4, -0.2) is 9.97 Å². The van der Waals surface area contributed by atoms with E-state index in [1.807, 2.05) is 13.0 Å². The van der Waals surface area contributed by atoms with Gasteiger partial charge in [0.1, 0.15) is 10.9 Å². The van der Waals surface area contributed by atoms with Crippen LogP contribution in [0.1, 0.15) is 18.2 Å². The Balaban J connectivity index is 2.53. The van der Waals surface area contributed by atoms with Gasteiger partial charge in [-0.2, -0.15) is 0 Å². The molecule has 0 fully saturated rings. The van der Waals surface area contributed by atoms with Gasteiger partial charge in [0.2, 0.25) is 0 Å². The molecule has 15 heavy (non-hydrogen) atoms. The largest absolute Gasteiger partial charge is 0.472 e. The van der Waals surface area contributed by atoms with Crippen LogP contribution in [0.25, 0.3) is 11.4 Å². The zero-order chi connectivity index (χ0) is 10.8. The van der Waals surface area contributed by atoms with Gasteiger partial charge in [0.25, 0.3) is 0 Å². The number of hydrogen-bond acceptors (Lipinski definition) is 3. The molecule has 0 unspecified atom stereocenters. The summed E-state index contributed by atoms with van der Waals surface area (Å²) in [5.74, 6) is 0.699. The Kier molecular flexibility index (Phi) is 2.86. The average Bonchev–Trinajstić information content (AvgIpc) is 2.69. The summed E-state index contributed by atoms with van der Waals surface area (Å²) in [7, 11) is 0. The third-order valence-corrected chi connectivity index (χ3v) is 2.95. The Bertz CT molecular complexity index is 442. The highest BCUT2D eigenvalue weighted by molar-refractivity contribution is 9.10. The van der Waals surface area contributed by atoms with Gasteiger partial charge < -0.3 is 4.42 Å². The van der Waals surface area contributed by atoms with E-state index in [4.69, 9.17) is 4.42 Å². The topological polar surface area (TPSA) is 38.9 Å². The minimum absolute atomic E-state index is 0.699. The van der Waals surface area contributed by atoms with Crippen LogP contribution >= 0.6 is 15.9 Å². The van der Waals surface area contributed by atoms with E-state index in [0.717, 1.165) is 27.8 Å². The van der Waals surface area contributed by atoms with Crippen molar-refractivity contribution in [3.8, 4) is 11.4 Å². The summed E-state index contributed by atoms with van der Waals surface area (Å²) in [6, 6.07) is 1.85. The predicted molar refractivity (Wildman–Crippen MR) is 61.5 cm³/mol. The highest BCUT2D eigenvalue weighted by Gasteiger charge is 2.09. The molecule has 0 saturated carbocycles. The second-order valence-corrected chi connectivity index (χ2v) is 4.02. The van der Waals surface area contributed by atoms with E-state index in [1.54, 1.807) is 12.5 Å². The van der Waals surface area contributed by atoms with E-state index in [1.165, 1.54) is 0 Å². The minimum atomic E-state index is 0.699. The maximum atomic E-state index is 5.01. The molecular formula is C11H11BrN2O. The fraction of sp³-hybridized carbons (Fsp3) is 0.273. The zero-order valence-corrected chi connectivity index (χ0v) is 10.2. The van der Waals surface area contributed by atoms with Gasteiger partial charge >= 0.3 is 0 Å². The van der Waals surface area contributed by atoms with Crippen LogP contribution in [0, 0.1) is 6.92 Å². The lowest BCUT2D eigenvalue weighted by atomic mass is 10.2. The van der Waals surface area contributed by atoms with Gasteiger partial charge in [-0.1, -0.05) is 6.92 Å². The van der Waals surface area contributed by atoms with E-state index in [-0.39, 0.29) is 0 Å². The summed E-state index contributed by atoms with van der Waals surface area (Å²) >= 11 is 3.46. The number of aromatic nitrogens is 2. The lowest BCUT2D eigenvalue weighted by Crippen LogP contribution is -1.98. The van der Waals surface area contributed by atoms with Crippen molar-refractivity contribution in [2.75, 3.05) is 0 Å². The number of furan rings is 1. The SMILES string of the molecule is CCc1c(C)nc(-c2ccoc2)nc1Br. The van der Waals surface area contributed by atoms with Gasteiger partial charge in [-0.25, -0.2) is 9.97 Å². The van der Waals surface area contributed by atoms with Crippen molar-refractivity contribution in [1.82, 2.24) is 9.97 Å². The summed E-state index contributed by atoms with van der Waals surface area (Å²) in [6.45, 7) is 4.09. The van der Waals surface area contributed by atoms with Crippen molar-refractivity contribution in [3.63, 3.8) is 0 Å². The third-order valence-electron chi connectivity index (χ3n) is 2.30. The molecule has 0 bridgehead atoms. The van der Waals surface area contributed by atoms with E-state index >= 15 is 0 Å². The van der Waals surface area contributed by atoms with Crippen molar-refractivity contribution in [3.05, 3.63) is 34.5 Å². The molecular weight excluding hydrogens is 256 g/mol. The van der Waals surface area contributed by atoms with Crippen LogP contribution in [0.4, 0.5) is 0 Å². The van der Waals surface area contributed by atoms with Gasteiger partial charge in [0.05, 0.1) is 11.8 Å². The fourth-order valence-corrected chi connectivity index (χ4v) is 2.22. The molecule has 0 amide bonds. The normalized spacial score (nSPS) is 10.6. The first-order chi connectivity index (χ1) is 7.22. The lowest BCUT2D eigenvalue weighted by Gasteiger charge is -2.06. The van der Waals surface area contributed by atoms with E-state index in [0.29, 0.717) is 5.82 Å². The highest BCUT2D eigenvalue weighted by Crippen LogP contribution is 2.22. The molecule has 0 radical (unpaired) electrons. The predicted octanol–water partition coefficient (Wildman–Crippen LogP) is 3.37. The van der Waals surface area contributed by atoms with E-state index in [9.17, 15) is 0 Å². The van der Waals surface area contributed by atoms with Crippen molar-refractivity contribution >= 4 is 15.9 Å². The molecule has 2 aromatic heterocycles. The van der Waals surface area contributed by atoms with Crippen LogP contribution < -0.4 is 0 Å². The highest BCUT2D eigenvalue weighted by atomic mass is 79.9. The average molecular weight is 267 g/mol. The molecule has 0 aliphatic carbocycles. The Morgan fingerprint density at radius 3 is 2.73 bits per heavy atom. The second kappa shape index (κ2) is 4.14. The molecule has 4 heteroatoms. The standard InChI is InChI=1S/C11H11BrN2O/c1-3-9-7(2)13-11(14-10(9)12)8-4-5-15-6-8/h4-6H,3H2,1-2H3. The quantitative estimate of drug-likeness (QED) is 0.783.